The molecule has 1 heterocycles. The van der Waals surface area contributed by atoms with Crippen molar-refractivity contribution in [3.8, 4) is 0 Å². The van der Waals surface area contributed by atoms with Gasteiger partial charge < -0.3 is 20.8 Å². The summed E-state index contributed by atoms with van der Waals surface area (Å²) in [6, 6.07) is 8.80. The van der Waals surface area contributed by atoms with Crippen molar-refractivity contribution in [3.05, 3.63) is 35.4 Å². The fourth-order valence-electron chi connectivity index (χ4n) is 3.72. The summed E-state index contributed by atoms with van der Waals surface area (Å²) in [6.07, 6.45) is 11.7. The van der Waals surface area contributed by atoms with Crippen LogP contribution in [0.4, 0.5) is 0 Å². The number of hydrogen-bond donors (Lipinski definition) is 3. The van der Waals surface area contributed by atoms with Crippen molar-refractivity contribution in [2.24, 2.45) is 0 Å². The number of phosphoric acid groups is 1. The Balaban J connectivity index is 0.00000450. The Kier molecular flexibility index (Phi) is 12.5. The van der Waals surface area contributed by atoms with Gasteiger partial charge in [0.05, 0.1) is 0 Å². The molecule has 0 bridgehead atoms. The molecule has 0 atom stereocenters. The Bertz CT molecular complexity index is 673. The minimum atomic E-state index is -4.46. The monoisotopic (exact) mass is 442 g/mol. The van der Waals surface area contributed by atoms with Gasteiger partial charge in [0.25, 0.3) is 0 Å². The molecule has 0 aliphatic carbocycles. The van der Waals surface area contributed by atoms with Gasteiger partial charge in [-0.2, -0.15) is 0 Å². The van der Waals surface area contributed by atoms with Crippen LogP contribution in [-0.4, -0.2) is 39.8 Å². The van der Waals surface area contributed by atoms with E-state index in [-0.39, 0.29) is 25.1 Å². The average Bonchev–Trinajstić information content (AvgIpc) is 2.64. The van der Waals surface area contributed by atoms with Crippen LogP contribution >= 0.6 is 7.82 Å². The summed E-state index contributed by atoms with van der Waals surface area (Å²) in [5.74, 6) is 0.0346. The highest BCUT2D eigenvalue weighted by atomic mass is 31.2. The SMILES string of the molecule is CCCCCCCCc1cccc(CCCCC(=O)N2CC(OP(=O)(O)O)C2)c1.N. The second-order valence-electron chi connectivity index (χ2n) is 8.06. The quantitative estimate of drug-likeness (QED) is 0.281. The molecule has 0 spiro atoms. The van der Waals surface area contributed by atoms with Crippen molar-refractivity contribution in [3.63, 3.8) is 0 Å². The number of likely N-dealkylation sites (tertiary alicyclic amines) is 1. The van der Waals surface area contributed by atoms with E-state index in [4.69, 9.17) is 9.79 Å². The van der Waals surface area contributed by atoms with E-state index in [1.807, 2.05) is 0 Å². The van der Waals surface area contributed by atoms with Gasteiger partial charge in [0.1, 0.15) is 6.10 Å². The van der Waals surface area contributed by atoms with Crippen LogP contribution in [0.1, 0.15) is 75.8 Å². The van der Waals surface area contributed by atoms with Crippen LogP contribution in [-0.2, 0) is 26.7 Å². The summed E-state index contributed by atoms with van der Waals surface area (Å²) in [6.45, 7) is 2.78. The van der Waals surface area contributed by atoms with Crippen LogP contribution in [0.5, 0.6) is 0 Å². The lowest BCUT2D eigenvalue weighted by atomic mass is 10.0. The largest absolute Gasteiger partial charge is 0.469 e. The number of carbonyl (C=O) groups excluding carboxylic acids is 1. The van der Waals surface area contributed by atoms with Crippen LogP contribution in [0.3, 0.4) is 0 Å². The topological polar surface area (TPSA) is 122 Å². The second-order valence-corrected chi connectivity index (χ2v) is 9.25. The maximum atomic E-state index is 12.1. The van der Waals surface area contributed by atoms with E-state index in [1.165, 1.54) is 49.7 Å². The third kappa shape index (κ3) is 10.7. The first-order valence-electron chi connectivity index (χ1n) is 11.0. The molecular formula is C22H39N2O5P. The number of carbonyl (C=O) groups is 1. The highest BCUT2D eigenvalue weighted by Gasteiger charge is 2.35. The predicted molar refractivity (Wildman–Crippen MR) is 120 cm³/mol. The highest BCUT2D eigenvalue weighted by Crippen LogP contribution is 2.39. The van der Waals surface area contributed by atoms with Gasteiger partial charge in [-0.3, -0.25) is 9.32 Å². The van der Waals surface area contributed by atoms with Gasteiger partial charge in [-0.1, -0.05) is 63.3 Å². The summed E-state index contributed by atoms with van der Waals surface area (Å²) in [5, 5.41) is 0. The molecule has 1 aliphatic rings. The lowest BCUT2D eigenvalue weighted by molar-refractivity contribution is -0.140. The molecule has 1 aromatic rings. The van der Waals surface area contributed by atoms with Crippen molar-refractivity contribution >= 4 is 13.7 Å². The third-order valence-electron chi connectivity index (χ3n) is 5.40. The molecule has 1 saturated heterocycles. The van der Waals surface area contributed by atoms with Gasteiger partial charge in [-0.15, -0.1) is 0 Å². The van der Waals surface area contributed by atoms with Gasteiger partial charge >= 0.3 is 7.82 Å². The summed E-state index contributed by atoms with van der Waals surface area (Å²) >= 11 is 0. The fraction of sp³-hybridized carbons (Fsp3) is 0.682. The first kappa shape index (κ1) is 26.8. The predicted octanol–water partition coefficient (Wildman–Crippen LogP) is 4.78. The summed E-state index contributed by atoms with van der Waals surface area (Å²) in [5.41, 5.74) is 2.74. The lowest BCUT2D eigenvalue weighted by Crippen LogP contribution is -2.54. The molecular weight excluding hydrogens is 403 g/mol. The van der Waals surface area contributed by atoms with Crippen LogP contribution in [0, 0.1) is 0 Å². The number of phosphoric ester groups is 1. The zero-order chi connectivity index (χ0) is 21.1. The summed E-state index contributed by atoms with van der Waals surface area (Å²) in [4.78, 5) is 31.2. The minimum Gasteiger partial charge on any atom is -0.344 e. The first-order valence-corrected chi connectivity index (χ1v) is 12.5. The maximum Gasteiger partial charge on any atom is 0.469 e. The molecule has 1 aromatic carbocycles. The van der Waals surface area contributed by atoms with Crippen molar-refractivity contribution in [1.29, 1.82) is 0 Å². The molecule has 1 aliphatic heterocycles. The third-order valence-corrected chi connectivity index (χ3v) is 5.98. The molecule has 30 heavy (non-hydrogen) atoms. The zero-order valence-corrected chi connectivity index (χ0v) is 19.2. The number of amides is 1. The van der Waals surface area contributed by atoms with Crippen LogP contribution in [0.25, 0.3) is 0 Å². The molecule has 1 fully saturated rings. The molecule has 8 heteroatoms. The molecule has 172 valence electrons. The number of benzene rings is 1. The normalized spacial score (nSPS) is 14.3. The molecule has 1 amide bonds. The van der Waals surface area contributed by atoms with E-state index in [9.17, 15) is 9.36 Å². The number of aryl methyl sites for hydroxylation is 2. The first-order chi connectivity index (χ1) is 13.9. The van der Waals surface area contributed by atoms with Gasteiger partial charge in [-0.05, 0) is 43.2 Å². The Morgan fingerprint density at radius 2 is 1.60 bits per heavy atom. The minimum absolute atomic E-state index is 0. The van der Waals surface area contributed by atoms with E-state index < -0.39 is 13.9 Å². The van der Waals surface area contributed by atoms with Crippen molar-refractivity contribution in [1.82, 2.24) is 11.1 Å². The molecule has 0 saturated carbocycles. The molecule has 2 rings (SSSR count). The van der Waals surface area contributed by atoms with Crippen molar-refractivity contribution in [2.45, 2.75) is 83.7 Å². The van der Waals surface area contributed by atoms with Gasteiger partial charge in [0, 0.05) is 19.5 Å². The zero-order valence-electron chi connectivity index (χ0n) is 18.3. The van der Waals surface area contributed by atoms with Crippen LogP contribution in [0.2, 0.25) is 0 Å². The average molecular weight is 443 g/mol. The molecule has 5 N–H and O–H groups in total. The number of nitrogens with zero attached hydrogens (tertiary/aromatic N) is 1. The van der Waals surface area contributed by atoms with E-state index in [0.717, 1.165) is 25.7 Å². The number of rotatable bonds is 14. The summed E-state index contributed by atoms with van der Waals surface area (Å²) in [7, 11) is -4.46. The van der Waals surface area contributed by atoms with Gasteiger partial charge in [0.2, 0.25) is 5.91 Å². The highest BCUT2D eigenvalue weighted by molar-refractivity contribution is 7.46. The van der Waals surface area contributed by atoms with E-state index >= 15 is 0 Å². The van der Waals surface area contributed by atoms with E-state index in [1.54, 1.807) is 4.90 Å². The molecule has 0 unspecified atom stereocenters. The Labute approximate surface area is 181 Å². The maximum absolute atomic E-state index is 12.1. The number of unbranched alkanes of at least 4 members (excludes halogenated alkanes) is 6. The van der Waals surface area contributed by atoms with Gasteiger partial charge in [0.15, 0.2) is 0 Å². The Hall–Kier alpha value is -1.24. The molecule has 0 aromatic heterocycles. The molecule has 7 nitrogen and oxygen atoms in total. The van der Waals surface area contributed by atoms with Crippen molar-refractivity contribution in [2.75, 3.05) is 13.1 Å². The van der Waals surface area contributed by atoms with Crippen molar-refractivity contribution < 1.29 is 23.7 Å². The lowest BCUT2D eigenvalue weighted by Gasteiger charge is -2.38. The standard InChI is InChI=1S/C22H36NO5P.H3N/c1-2-3-4-5-6-7-11-19-13-10-14-20(16-19)12-8-9-15-22(24)23-17-21(18-23)28-29(25,26)27;/h10,13-14,16,21H,2-9,11-12,15,17-18H2,1H3,(H2,25,26,27);1H3. The summed E-state index contributed by atoms with van der Waals surface area (Å²) < 4.78 is 15.3. The van der Waals surface area contributed by atoms with Crippen LogP contribution < -0.4 is 6.15 Å². The second kappa shape index (κ2) is 13.9. The Morgan fingerprint density at radius 3 is 2.20 bits per heavy atom. The van der Waals surface area contributed by atoms with E-state index in [2.05, 4.69) is 35.7 Å². The Morgan fingerprint density at radius 1 is 1.03 bits per heavy atom. The van der Waals surface area contributed by atoms with Gasteiger partial charge in [-0.25, -0.2) is 4.57 Å². The smallest absolute Gasteiger partial charge is 0.344 e. The van der Waals surface area contributed by atoms with E-state index in [0.29, 0.717) is 6.42 Å². The van der Waals surface area contributed by atoms with Crippen LogP contribution in [0.15, 0.2) is 24.3 Å². The number of hydrogen-bond acceptors (Lipinski definition) is 4. The molecule has 0 radical (unpaired) electrons. The fourth-order valence-corrected chi connectivity index (χ4v) is 4.24.